The number of ether oxygens (including phenoxy) is 1. The van der Waals surface area contributed by atoms with Crippen molar-refractivity contribution in [3.05, 3.63) is 102 Å². The second-order valence-corrected chi connectivity index (χ2v) is 17.2. The number of nitrogens with zero attached hydrogens (tertiary/aromatic N) is 2. The average molecular weight is 769 g/mol. The molecule has 52 heavy (non-hydrogen) atoms. The third kappa shape index (κ3) is 7.93. The smallest absolute Gasteiger partial charge is 0.399 e. The summed E-state index contributed by atoms with van der Waals surface area (Å²) in [5.41, 5.74) is -5.21. The van der Waals surface area contributed by atoms with Gasteiger partial charge in [0, 0.05) is 22.9 Å². The van der Waals surface area contributed by atoms with Gasteiger partial charge in [-0.15, -0.1) is 11.3 Å². The number of aromatic nitrogens is 1. The molecule has 3 amide bonds. The first kappa shape index (κ1) is 37.2. The van der Waals surface area contributed by atoms with Crippen LogP contribution in [0.25, 0.3) is 20.5 Å². The normalized spacial score (nSPS) is 17.2. The molecule has 1 aliphatic heterocycles. The fraction of sp³-hybridized carbons (Fsp3) is 0.278. The van der Waals surface area contributed by atoms with Gasteiger partial charge in [0.2, 0.25) is 11.8 Å². The summed E-state index contributed by atoms with van der Waals surface area (Å²) >= 11 is 2.27. The zero-order chi connectivity index (χ0) is 37.4. The molecule has 3 atom stereocenters. The number of amides is 3. The Balaban J connectivity index is 1.24. The van der Waals surface area contributed by atoms with Gasteiger partial charge in [-0.1, -0.05) is 86.7 Å². The number of alkyl halides is 2. The summed E-state index contributed by atoms with van der Waals surface area (Å²) in [5.74, 6) is -1.08. The van der Waals surface area contributed by atoms with E-state index in [1.165, 1.54) is 28.4 Å². The lowest BCUT2D eigenvalue weighted by molar-refractivity contribution is -0.140. The summed E-state index contributed by atoms with van der Waals surface area (Å²) in [6.45, 7) is 5.35. The van der Waals surface area contributed by atoms with Gasteiger partial charge in [0.05, 0.1) is 16.3 Å². The maximum Gasteiger partial charge on any atom is 0.399 e. The maximum absolute atomic E-state index is 14.4. The summed E-state index contributed by atoms with van der Waals surface area (Å²) in [6.07, 6.45) is 1.29. The quantitative estimate of drug-likeness (QED) is 0.110. The van der Waals surface area contributed by atoms with Crippen molar-refractivity contribution < 1.29 is 42.3 Å². The number of benzene rings is 3. The van der Waals surface area contributed by atoms with Gasteiger partial charge in [0.25, 0.3) is 5.91 Å². The molecule has 0 aliphatic carbocycles. The Hall–Kier alpha value is -4.53. The van der Waals surface area contributed by atoms with Crippen molar-refractivity contribution in [1.82, 2.24) is 15.2 Å². The lowest BCUT2D eigenvalue weighted by atomic mass is 9.85. The molecule has 1 saturated heterocycles. The van der Waals surface area contributed by atoms with Crippen molar-refractivity contribution in [2.45, 2.75) is 51.0 Å². The van der Waals surface area contributed by atoms with E-state index in [2.05, 4.69) is 15.6 Å². The molecule has 0 unspecified atom stereocenters. The van der Waals surface area contributed by atoms with Gasteiger partial charge in [0.1, 0.15) is 23.9 Å². The number of nitrogens with one attached hydrogen (secondary N) is 2. The predicted molar refractivity (Wildman–Crippen MR) is 196 cm³/mol. The molecule has 2 aromatic heterocycles. The average Bonchev–Trinajstić information content (AvgIpc) is 3.85. The van der Waals surface area contributed by atoms with E-state index in [1.807, 2.05) is 48.5 Å². The first-order chi connectivity index (χ1) is 24.5. The highest BCUT2D eigenvalue weighted by atomic mass is 32.1. The minimum atomic E-state index is -5.80. The maximum atomic E-state index is 14.4. The van der Waals surface area contributed by atoms with Crippen LogP contribution in [0.2, 0.25) is 0 Å². The van der Waals surface area contributed by atoms with Gasteiger partial charge < -0.3 is 30.1 Å². The number of halogens is 2. The fourth-order valence-corrected chi connectivity index (χ4v) is 8.10. The first-order valence-electron chi connectivity index (χ1n) is 16.1. The van der Waals surface area contributed by atoms with Gasteiger partial charge in [-0.25, -0.2) is 4.98 Å². The molecule has 1 aliphatic rings. The molecule has 0 saturated carbocycles. The van der Waals surface area contributed by atoms with E-state index in [0.717, 1.165) is 33.9 Å². The molecule has 16 heteroatoms. The zero-order valence-electron chi connectivity index (χ0n) is 28.2. The van der Waals surface area contributed by atoms with E-state index < -0.39 is 60.1 Å². The lowest BCUT2D eigenvalue weighted by Gasteiger charge is -2.35. The third-order valence-electron chi connectivity index (χ3n) is 8.53. The highest BCUT2D eigenvalue weighted by molar-refractivity contribution is 7.52. The van der Waals surface area contributed by atoms with Gasteiger partial charge in [-0.3, -0.25) is 18.9 Å². The number of likely N-dealkylation sites (tertiary alicyclic amines) is 1. The minimum absolute atomic E-state index is 0.0564. The Morgan fingerprint density at radius 2 is 1.65 bits per heavy atom. The number of anilines is 1. The van der Waals surface area contributed by atoms with Gasteiger partial charge in [-0.05, 0) is 46.7 Å². The molecule has 0 bridgehead atoms. The molecule has 3 aromatic carbocycles. The van der Waals surface area contributed by atoms with E-state index in [0.29, 0.717) is 15.6 Å². The van der Waals surface area contributed by atoms with Crippen molar-refractivity contribution >= 4 is 63.2 Å². The van der Waals surface area contributed by atoms with Crippen LogP contribution in [-0.2, 0) is 19.8 Å². The van der Waals surface area contributed by atoms with Gasteiger partial charge >= 0.3 is 13.3 Å². The first-order valence-corrected chi connectivity index (χ1v) is 19.4. The molecule has 1 fully saturated rings. The monoisotopic (exact) mass is 768 g/mol. The van der Waals surface area contributed by atoms with Crippen molar-refractivity contribution in [2.75, 3.05) is 11.9 Å². The van der Waals surface area contributed by atoms with Crippen LogP contribution in [0.15, 0.2) is 91.1 Å². The van der Waals surface area contributed by atoms with Crippen LogP contribution in [0.4, 0.5) is 13.9 Å². The number of carbonyl (C=O) groups excluding carboxylic acids is 3. The Morgan fingerprint density at radius 3 is 2.31 bits per heavy atom. The molecule has 0 spiro atoms. The predicted octanol–water partition coefficient (Wildman–Crippen LogP) is 7.08. The molecule has 4 N–H and O–H groups in total. The van der Waals surface area contributed by atoms with Crippen LogP contribution in [0.5, 0.6) is 5.75 Å². The van der Waals surface area contributed by atoms with Crippen molar-refractivity contribution in [3.8, 4) is 16.2 Å². The molecule has 6 rings (SSSR count). The largest absolute Gasteiger partial charge is 0.488 e. The van der Waals surface area contributed by atoms with Crippen molar-refractivity contribution in [2.24, 2.45) is 5.41 Å². The van der Waals surface area contributed by atoms with Crippen LogP contribution < -0.4 is 15.4 Å². The van der Waals surface area contributed by atoms with Gasteiger partial charge in [0.15, 0.2) is 5.13 Å². The molecule has 5 aromatic rings. The number of carbonyl (C=O) groups is 3. The topological polar surface area (TPSA) is 158 Å². The fourth-order valence-electron chi connectivity index (χ4n) is 5.85. The number of hydrogen-bond donors (Lipinski definition) is 4. The number of thiophene rings is 1. The summed E-state index contributed by atoms with van der Waals surface area (Å²) in [4.78, 5) is 67.0. The van der Waals surface area contributed by atoms with Gasteiger partial charge in [-0.2, -0.15) is 8.78 Å². The number of fused-ring (bicyclic) bond motifs is 1. The highest BCUT2D eigenvalue weighted by Crippen LogP contribution is 2.59. The second kappa shape index (κ2) is 14.5. The van der Waals surface area contributed by atoms with E-state index >= 15 is 0 Å². The van der Waals surface area contributed by atoms with E-state index in [4.69, 9.17) is 4.74 Å². The molecular formula is C36H35F2N4O7PS2. The Kier molecular flexibility index (Phi) is 10.4. The van der Waals surface area contributed by atoms with E-state index in [9.17, 15) is 37.5 Å². The third-order valence-corrected chi connectivity index (χ3v) is 11.6. The van der Waals surface area contributed by atoms with Crippen LogP contribution in [0.3, 0.4) is 0 Å². The Bertz CT molecular complexity index is 2150. The number of rotatable bonds is 10. The van der Waals surface area contributed by atoms with Crippen molar-refractivity contribution in [1.29, 1.82) is 0 Å². The number of thiazole rings is 1. The van der Waals surface area contributed by atoms with Crippen LogP contribution in [0, 0.1) is 5.41 Å². The lowest BCUT2D eigenvalue weighted by Crippen LogP contribution is -2.57. The summed E-state index contributed by atoms with van der Waals surface area (Å²) in [6, 6.07) is 20.9. The molecule has 272 valence electrons. The SMILES string of the molecule is CC(C)(C)[C@H](NC(=O)c1cc2cc(C(F)(F)P(=O)(O)O)ccc2s1)C(=O)N1C[C@@H](Oc2ccccc2)C[C@H]1C(=O)Nc1ncc(-c2ccccc2)s1. The highest BCUT2D eigenvalue weighted by Gasteiger charge is 2.50. The van der Waals surface area contributed by atoms with E-state index in [-0.39, 0.29) is 23.2 Å². The van der Waals surface area contributed by atoms with Crippen LogP contribution in [0.1, 0.15) is 42.4 Å². The van der Waals surface area contributed by atoms with Crippen LogP contribution in [-0.4, -0.2) is 62.1 Å². The number of hydrogen-bond acceptors (Lipinski definition) is 8. The van der Waals surface area contributed by atoms with Crippen LogP contribution >= 0.6 is 30.3 Å². The molecular weight excluding hydrogens is 734 g/mol. The molecule has 0 radical (unpaired) electrons. The Morgan fingerprint density at radius 1 is 0.981 bits per heavy atom. The standard InChI is InChI=1S/C36H35F2N4O7PS2/c1-35(2,3)30(40-32(44)28-17-22-16-23(14-15-27(22)51-28)36(37,38)50(46,47)48)33(45)42-20-25(49-24-12-8-5-9-13-24)18-26(42)31(43)41-34-39-19-29(52-34)21-10-6-4-7-11-21/h4-17,19,25-26,30H,18,20H2,1-3H3,(H,40,44)(H,39,41,43)(H2,46,47,48)/t25-,26-,30+/m0/s1. The summed E-state index contributed by atoms with van der Waals surface area (Å²) in [5, 5.41) is 6.19. The zero-order valence-corrected chi connectivity index (χ0v) is 30.7. The van der Waals surface area contributed by atoms with E-state index in [1.54, 1.807) is 39.1 Å². The second-order valence-electron chi connectivity index (χ2n) is 13.4. The van der Waals surface area contributed by atoms with Crippen molar-refractivity contribution in [3.63, 3.8) is 0 Å². The molecule has 11 nitrogen and oxygen atoms in total. The summed E-state index contributed by atoms with van der Waals surface area (Å²) in [7, 11) is -5.80. The minimum Gasteiger partial charge on any atom is -0.488 e. The summed E-state index contributed by atoms with van der Waals surface area (Å²) < 4.78 is 46.8. The number of para-hydroxylation sites is 1. The Labute approximate surface area is 305 Å². The molecule has 3 heterocycles.